The Bertz CT molecular complexity index is 1120. The fourth-order valence-electron chi connectivity index (χ4n) is 4.67. The first kappa shape index (κ1) is 22.8. The van der Waals surface area contributed by atoms with Crippen LogP contribution in [0.5, 0.6) is 0 Å². The molecular formula is C29H31F3N2. The van der Waals surface area contributed by atoms with Crippen molar-refractivity contribution in [2.45, 2.75) is 46.5 Å². The third-order valence-electron chi connectivity index (χ3n) is 7.31. The summed E-state index contributed by atoms with van der Waals surface area (Å²) in [6.45, 7) is 7.01. The molecule has 0 aliphatic heterocycles. The quantitative estimate of drug-likeness (QED) is 0.353. The fourth-order valence-corrected chi connectivity index (χ4v) is 4.67. The second kappa shape index (κ2) is 9.01. The smallest absolute Gasteiger partial charge is 0.146 e. The standard InChI is InChI=1S/C29H31F3N2/c1-16-17(2)28(22-9-11-26(24(31)13-22)34-15-20-6-7-20)29(32)18(3)27(16)21-8-10-25(23(30)12-21)33-14-19-4-5-19/h8-13,19-20,33-34H,4-7,14-15H2,1-3H3. The van der Waals surface area contributed by atoms with Crippen LogP contribution in [-0.2, 0) is 0 Å². The molecule has 2 N–H and O–H groups in total. The molecule has 5 rings (SSSR count). The molecule has 2 aliphatic carbocycles. The van der Waals surface area contributed by atoms with Crippen molar-refractivity contribution in [1.82, 2.24) is 0 Å². The van der Waals surface area contributed by atoms with Crippen molar-refractivity contribution in [2.75, 3.05) is 23.7 Å². The van der Waals surface area contributed by atoms with Gasteiger partial charge >= 0.3 is 0 Å². The second-order valence-electron chi connectivity index (χ2n) is 9.98. The third kappa shape index (κ3) is 4.53. The summed E-state index contributed by atoms with van der Waals surface area (Å²) in [5.41, 5.74) is 5.19. The zero-order valence-corrected chi connectivity index (χ0v) is 20.0. The van der Waals surface area contributed by atoms with Crippen LogP contribution < -0.4 is 10.6 Å². The molecule has 0 heterocycles. The number of nitrogens with one attached hydrogen (secondary N) is 2. The maximum Gasteiger partial charge on any atom is 0.146 e. The van der Waals surface area contributed by atoms with Gasteiger partial charge in [-0.25, -0.2) is 13.2 Å². The summed E-state index contributed by atoms with van der Waals surface area (Å²) in [7, 11) is 0. The Balaban J connectivity index is 1.47. The van der Waals surface area contributed by atoms with E-state index in [1.165, 1.54) is 37.8 Å². The summed E-state index contributed by atoms with van der Waals surface area (Å²) >= 11 is 0. The van der Waals surface area contributed by atoms with E-state index < -0.39 is 5.82 Å². The number of hydrogen-bond acceptors (Lipinski definition) is 2. The van der Waals surface area contributed by atoms with E-state index in [2.05, 4.69) is 10.6 Å². The van der Waals surface area contributed by atoms with Crippen LogP contribution in [-0.4, -0.2) is 13.1 Å². The highest BCUT2D eigenvalue weighted by Crippen LogP contribution is 2.40. The number of rotatable bonds is 8. The zero-order valence-electron chi connectivity index (χ0n) is 20.0. The van der Waals surface area contributed by atoms with Gasteiger partial charge in [-0.15, -0.1) is 0 Å². The molecule has 34 heavy (non-hydrogen) atoms. The van der Waals surface area contributed by atoms with Gasteiger partial charge in [-0.2, -0.15) is 0 Å². The number of halogens is 3. The van der Waals surface area contributed by atoms with Crippen LogP contribution in [0.3, 0.4) is 0 Å². The molecule has 3 aromatic rings. The van der Waals surface area contributed by atoms with Crippen molar-refractivity contribution in [3.63, 3.8) is 0 Å². The van der Waals surface area contributed by atoms with Gasteiger partial charge in [0.2, 0.25) is 0 Å². The predicted octanol–water partition coefficient (Wildman–Crippen LogP) is 8.01. The summed E-state index contributed by atoms with van der Waals surface area (Å²) in [5.74, 6) is 0.154. The minimum Gasteiger partial charge on any atom is -0.382 e. The van der Waals surface area contributed by atoms with E-state index in [4.69, 9.17) is 0 Å². The van der Waals surface area contributed by atoms with Crippen molar-refractivity contribution in [2.24, 2.45) is 11.8 Å². The molecular weight excluding hydrogens is 433 g/mol. The molecule has 2 aliphatic rings. The molecule has 2 fully saturated rings. The van der Waals surface area contributed by atoms with E-state index in [9.17, 15) is 8.78 Å². The molecule has 0 unspecified atom stereocenters. The van der Waals surface area contributed by atoms with E-state index in [0.717, 1.165) is 24.2 Å². The van der Waals surface area contributed by atoms with Gasteiger partial charge in [0.15, 0.2) is 0 Å². The van der Waals surface area contributed by atoms with Gasteiger partial charge < -0.3 is 10.6 Å². The molecule has 0 bridgehead atoms. The molecule has 0 spiro atoms. The minimum atomic E-state index is -0.396. The molecule has 5 heteroatoms. The SMILES string of the molecule is Cc1c(C)c(-c2ccc(NCC3CC3)c(F)c2)c(F)c(C)c1-c1ccc(NCC2CC2)c(F)c1. The lowest BCUT2D eigenvalue weighted by atomic mass is 9.86. The average molecular weight is 465 g/mol. The van der Waals surface area contributed by atoms with Gasteiger partial charge in [0.1, 0.15) is 17.5 Å². The van der Waals surface area contributed by atoms with Crippen molar-refractivity contribution >= 4 is 11.4 Å². The minimum absolute atomic E-state index is 0.338. The number of hydrogen-bond donors (Lipinski definition) is 2. The monoisotopic (exact) mass is 464 g/mol. The summed E-state index contributed by atoms with van der Waals surface area (Å²) in [6, 6.07) is 9.90. The molecule has 0 aromatic heterocycles. The number of benzene rings is 3. The van der Waals surface area contributed by atoms with Crippen LogP contribution in [0.15, 0.2) is 36.4 Å². The highest BCUT2D eigenvalue weighted by molar-refractivity contribution is 5.81. The third-order valence-corrected chi connectivity index (χ3v) is 7.31. The summed E-state index contributed by atoms with van der Waals surface area (Å²) in [6.07, 6.45) is 4.76. The molecule has 0 radical (unpaired) electrons. The van der Waals surface area contributed by atoms with Crippen molar-refractivity contribution < 1.29 is 13.2 Å². The number of anilines is 2. The van der Waals surface area contributed by atoms with E-state index in [1.54, 1.807) is 25.1 Å². The lowest BCUT2D eigenvalue weighted by Crippen LogP contribution is -2.06. The predicted molar refractivity (Wildman–Crippen MR) is 134 cm³/mol. The summed E-state index contributed by atoms with van der Waals surface area (Å²) in [5, 5.41) is 6.33. The Hall–Kier alpha value is -2.95. The second-order valence-corrected chi connectivity index (χ2v) is 9.98. The maximum atomic E-state index is 15.7. The largest absolute Gasteiger partial charge is 0.382 e. The Morgan fingerprint density at radius 3 is 1.53 bits per heavy atom. The molecule has 0 saturated heterocycles. The van der Waals surface area contributed by atoms with Gasteiger partial charge in [0, 0.05) is 18.7 Å². The molecule has 2 nitrogen and oxygen atoms in total. The van der Waals surface area contributed by atoms with E-state index >= 15 is 4.39 Å². The molecule has 2 saturated carbocycles. The topological polar surface area (TPSA) is 24.1 Å². The lowest BCUT2D eigenvalue weighted by Gasteiger charge is -2.20. The van der Waals surface area contributed by atoms with Gasteiger partial charge in [-0.1, -0.05) is 12.1 Å². The van der Waals surface area contributed by atoms with Crippen LogP contribution in [0.25, 0.3) is 22.3 Å². The maximum absolute atomic E-state index is 15.7. The Morgan fingerprint density at radius 2 is 1.09 bits per heavy atom. The summed E-state index contributed by atoms with van der Waals surface area (Å²) < 4.78 is 45.3. The van der Waals surface area contributed by atoms with Crippen LogP contribution in [0, 0.1) is 50.1 Å². The molecule has 0 amide bonds. The first-order valence-electron chi connectivity index (χ1n) is 12.2. The first-order chi connectivity index (χ1) is 16.3. The lowest BCUT2D eigenvalue weighted by molar-refractivity contribution is 0.618. The molecule has 0 atom stereocenters. The Morgan fingerprint density at radius 1 is 0.647 bits per heavy atom. The van der Waals surface area contributed by atoms with Gasteiger partial charge in [-0.05, 0) is 116 Å². The first-order valence-corrected chi connectivity index (χ1v) is 12.2. The van der Waals surface area contributed by atoms with Gasteiger partial charge in [0.05, 0.1) is 11.4 Å². The highest BCUT2D eigenvalue weighted by atomic mass is 19.1. The van der Waals surface area contributed by atoms with Crippen molar-refractivity contribution in [1.29, 1.82) is 0 Å². The van der Waals surface area contributed by atoms with Crippen LogP contribution >= 0.6 is 0 Å². The van der Waals surface area contributed by atoms with Gasteiger partial charge in [-0.3, -0.25) is 0 Å². The van der Waals surface area contributed by atoms with Gasteiger partial charge in [0.25, 0.3) is 0 Å². The Labute approximate surface area is 199 Å². The normalized spacial score (nSPS) is 15.5. The van der Waals surface area contributed by atoms with Crippen LogP contribution in [0.2, 0.25) is 0 Å². The molecule has 178 valence electrons. The molecule has 3 aromatic carbocycles. The average Bonchev–Trinajstić information content (AvgIpc) is 3.72. The van der Waals surface area contributed by atoms with Crippen molar-refractivity contribution in [3.05, 3.63) is 70.5 Å². The van der Waals surface area contributed by atoms with E-state index in [1.807, 2.05) is 19.9 Å². The fraction of sp³-hybridized carbons (Fsp3) is 0.379. The van der Waals surface area contributed by atoms with Crippen molar-refractivity contribution in [3.8, 4) is 22.3 Å². The Kier molecular flexibility index (Phi) is 6.05. The van der Waals surface area contributed by atoms with E-state index in [-0.39, 0.29) is 11.6 Å². The van der Waals surface area contributed by atoms with Crippen LogP contribution in [0.1, 0.15) is 42.4 Å². The van der Waals surface area contributed by atoms with E-state index in [0.29, 0.717) is 51.0 Å². The highest BCUT2D eigenvalue weighted by Gasteiger charge is 2.24. The van der Waals surface area contributed by atoms with Crippen LogP contribution in [0.4, 0.5) is 24.5 Å². The summed E-state index contributed by atoms with van der Waals surface area (Å²) in [4.78, 5) is 0. The zero-order chi connectivity index (χ0) is 24.0.